The molecule has 2 aromatic rings. The maximum Gasteiger partial charge on any atom is 0.158 e. The SMILES string of the molecule is CC(N)c1ccc2c(c1)c(Cl)nn2C. The van der Waals surface area contributed by atoms with Crippen LogP contribution in [0.4, 0.5) is 0 Å². The molecular weight excluding hydrogens is 198 g/mol. The Balaban J connectivity index is 2.71. The summed E-state index contributed by atoms with van der Waals surface area (Å²) < 4.78 is 1.77. The second-order valence-electron chi connectivity index (χ2n) is 3.48. The van der Waals surface area contributed by atoms with Crippen LogP contribution >= 0.6 is 11.6 Å². The first kappa shape index (κ1) is 9.49. The van der Waals surface area contributed by atoms with Gasteiger partial charge in [0, 0.05) is 18.5 Å². The lowest BCUT2D eigenvalue weighted by molar-refractivity contribution is 0.796. The maximum absolute atomic E-state index is 5.98. The van der Waals surface area contributed by atoms with Gasteiger partial charge >= 0.3 is 0 Å². The highest BCUT2D eigenvalue weighted by Crippen LogP contribution is 2.24. The number of hydrogen-bond donors (Lipinski definition) is 1. The van der Waals surface area contributed by atoms with Crippen LogP contribution in [-0.2, 0) is 7.05 Å². The van der Waals surface area contributed by atoms with E-state index in [2.05, 4.69) is 5.10 Å². The molecule has 14 heavy (non-hydrogen) atoms. The van der Waals surface area contributed by atoms with E-state index >= 15 is 0 Å². The fourth-order valence-corrected chi connectivity index (χ4v) is 1.79. The molecule has 1 atom stereocenters. The summed E-state index contributed by atoms with van der Waals surface area (Å²) in [5, 5.41) is 5.63. The molecule has 0 spiro atoms. The van der Waals surface area contributed by atoms with Crippen LogP contribution in [0, 0.1) is 0 Å². The van der Waals surface area contributed by atoms with E-state index in [9.17, 15) is 0 Å². The third-order valence-electron chi connectivity index (χ3n) is 2.36. The third-order valence-corrected chi connectivity index (χ3v) is 2.63. The molecular formula is C10H12ClN3. The van der Waals surface area contributed by atoms with Gasteiger partial charge in [-0.2, -0.15) is 5.10 Å². The molecule has 1 heterocycles. The molecule has 1 unspecified atom stereocenters. The van der Waals surface area contributed by atoms with Gasteiger partial charge in [0.25, 0.3) is 0 Å². The Morgan fingerprint density at radius 3 is 2.86 bits per heavy atom. The van der Waals surface area contributed by atoms with Crippen molar-refractivity contribution in [2.45, 2.75) is 13.0 Å². The number of hydrogen-bond acceptors (Lipinski definition) is 2. The zero-order chi connectivity index (χ0) is 10.3. The predicted molar refractivity (Wildman–Crippen MR) is 58.3 cm³/mol. The molecule has 0 saturated carbocycles. The van der Waals surface area contributed by atoms with Crippen LogP contribution in [0.25, 0.3) is 10.9 Å². The number of aryl methyl sites for hydroxylation is 1. The minimum absolute atomic E-state index is 0.0238. The highest BCUT2D eigenvalue weighted by atomic mass is 35.5. The fourth-order valence-electron chi connectivity index (χ4n) is 1.52. The molecule has 0 saturated heterocycles. The van der Waals surface area contributed by atoms with Crippen molar-refractivity contribution in [1.82, 2.24) is 9.78 Å². The van der Waals surface area contributed by atoms with Crippen molar-refractivity contribution in [2.75, 3.05) is 0 Å². The Morgan fingerprint density at radius 1 is 1.50 bits per heavy atom. The van der Waals surface area contributed by atoms with Gasteiger partial charge in [0.2, 0.25) is 0 Å². The van der Waals surface area contributed by atoms with Crippen molar-refractivity contribution >= 4 is 22.5 Å². The van der Waals surface area contributed by atoms with Crippen molar-refractivity contribution in [3.8, 4) is 0 Å². The maximum atomic E-state index is 5.98. The second-order valence-corrected chi connectivity index (χ2v) is 3.84. The van der Waals surface area contributed by atoms with Crippen LogP contribution in [0.1, 0.15) is 18.5 Å². The fraction of sp³-hybridized carbons (Fsp3) is 0.300. The highest BCUT2D eigenvalue weighted by molar-refractivity contribution is 6.34. The quantitative estimate of drug-likeness (QED) is 0.783. The van der Waals surface area contributed by atoms with Crippen LogP contribution in [-0.4, -0.2) is 9.78 Å². The van der Waals surface area contributed by atoms with Gasteiger partial charge in [-0.05, 0) is 24.6 Å². The van der Waals surface area contributed by atoms with Crippen molar-refractivity contribution < 1.29 is 0 Å². The minimum atomic E-state index is 0.0238. The number of benzene rings is 1. The summed E-state index contributed by atoms with van der Waals surface area (Å²) in [6, 6.07) is 6.02. The molecule has 1 aromatic carbocycles. The van der Waals surface area contributed by atoms with Crippen LogP contribution in [0.15, 0.2) is 18.2 Å². The lowest BCUT2D eigenvalue weighted by atomic mass is 10.1. The standard InChI is InChI=1S/C10H12ClN3/c1-6(12)7-3-4-9-8(5-7)10(11)13-14(9)2/h3-6H,12H2,1-2H3. The number of halogens is 1. The van der Waals surface area contributed by atoms with Crippen molar-refractivity contribution in [2.24, 2.45) is 12.8 Å². The summed E-state index contributed by atoms with van der Waals surface area (Å²) in [5.74, 6) is 0. The summed E-state index contributed by atoms with van der Waals surface area (Å²) in [6.45, 7) is 1.95. The molecule has 0 aliphatic rings. The van der Waals surface area contributed by atoms with Gasteiger partial charge in [0.15, 0.2) is 5.15 Å². The first-order chi connectivity index (χ1) is 6.59. The molecule has 74 valence electrons. The number of nitrogens with two attached hydrogens (primary N) is 1. The minimum Gasteiger partial charge on any atom is -0.324 e. The van der Waals surface area contributed by atoms with Gasteiger partial charge in [-0.15, -0.1) is 0 Å². The van der Waals surface area contributed by atoms with E-state index in [1.54, 1.807) is 4.68 Å². The molecule has 0 fully saturated rings. The number of nitrogens with zero attached hydrogens (tertiary/aromatic N) is 2. The summed E-state index contributed by atoms with van der Waals surface area (Å²) >= 11 is 5.98. The van der Waals surface area contributed by atoms with E-state index in [1.165, 1.54) is 0 Å². The second kappa shape index (κ2) is 3.26. The predicted octanol–water partition coefficient (Wildman–Crippen LogP) is 2.25. The molecule has 0 bridgehead atoms. The average Bonchev–Trinajstić information content (AvgIpc) is 2.42. The van der Waals surface area contributed by atoms with Crippen LogP contribution in [0.5, 0.6) is 0 Å². The van der Waals surface area contributed by atoms with Crippen molar-refractivity contribution in [3.63, 3.8) is 0 Å². The van der Waals surface area contributed by atoms with E-state index in [4.69, 9.17) is 17.3 Å². The van der Waals surface area contributed by atoms with Gasteiger partial charge in [0.05, 0.1) is 5.52 Å². The Bertz CT molecular complexity index is 473. The number of fused-ring (bicyclic) bond motifs is 1. The Hall–Kier alpha value is -1.06. The molecule has 0 aliphatic carbocycles. The smallest absolute Gasteiger partial charge is 0.158 e. The van der Waals surface area contributed by atoms with Gasteiger partial charge in [-0.1, -0.05) is 17.7 Å². The molecule has 2 rings (SSSR count). The molecule has 1 aromatic heterocycles. The van der Waals surface area contributed by atoms with Crippen molar-refractivity contribution in [3.05, 3.63) is 28.9 Å². The van der Waals surface area contributed by atoms with Gasteiger partial charge in [-0.3, -0.25) is 4.68 Å². The zero-order valence-electron chi connectivity index (χ0n) is 8.16. The Kier molecular flexibility index (Phi) is 2.21. The molecule has 0 amide bonds. The molecule has 3 nitrogen and oxygen atoms in total. The summed E-state index contributed by atoms with van der Waals surface area (Å²) in [5.41, 5.74) is 7.89. The van der Waals surface area contributed by atoms with Crippen LogP contribution < -0.4 is 5.73 Å². The molecule has 0 radical (unpaired) electrons. The summed E-state index contributed by atoms with van der Waals surface area (Å²) in [6.07, 6.45) is 0. The lowest BCUT2D eigenvalue weighted by Gasteiger charge is -2.04. The van der Waals surface area contributed by atoms with Gasteiger partial charge < -0.3 is 5.73 Å². The zero-order valence-corrected chi connectivity index (χ0v) is 8.92. The lowest BCUT2D eigenvalue weighted by Crippen LogP contribution is -2.04. The first-order valence-corrected chi connectivity index (χ1v) is 4.85. The third kappa shape index (κ3) is 1.38. The first-order valence-electron chi connectivity index (χ1n) is 4.47. The topological polar surface area (TPSA) is 43.8 Å². The molecule has 0 aliphatic heterocycles. The number of rotatable bonds is 1. The largest absolute Gasteiger partial charge is 0.324 e. The summed E-state index contributed by atoms with van der Waals surface area (Å²) in [4.78, 5) is 0. The van der Waals surface area contributed by atoms with Crippen LogP contribution in [0.3, 0.4) is 0 Å². The molecule has 2 N–H and O–H groups in total. The monoisotopic (exact) mass is 209 g/mol. The number of aromatic nitrogens is 2. The highest BCUT2D eigenvalue weighted by Gasteiger charge is 2.08. The van der Waals surface area contributed by atoms with E-state index in [-0.39, 0.29) is 6.04 Å². The van der Waals surface area contributed by atoms with E-state index in [0.717, 1.165) is 16.5 Å². The normalized spacial score (nSPS) is 13.4. The van der Waals surface area contributed by atoms with E-state index < -0.39 is 0 Å². The van der Waals surface area contributed by atoms with Crippen LogP contribution in [0.2, 0.25) is 5.15 Å². The average molecular weight is 210 g/mol. The summed E-state index contributed by atoms with van der Waals surface area (Å²) in [7, 11) is 1.87. The Morgan fingerprint density at radius 2 is 2.21 bits per heavy atom. The van der Waals surface area contributed by atoms with E-state index in [0.29, 0.717) is 5.15 Å². The molecule has 4 heteroatoms. The van der Waals surface area contributed by atoms with Crippen molar-refractivity contribution in [1.29, 1.82) is 0 Å². The van der Waals surface area contributed by atoms with Gasteiger partial charge in [0.1, 0.15) is 0 Å². The van der Waals surface area contributed by atoms with E-state index in [1.807, 2.05) is 32.2 Å². The Labute approximate surface area is 87.5 Å². The van der Waals surface area contributed by atoms with Gasteiger partial charge in [-0.25, -0.2) is 0 Å².